The van der Waals surface area contributed by atoms with E-state index in [1.165, 1.54) is 12.8 Å². The predicted molar refractivity (Wildman–Crippen MR) is 56.4 cm³/mol. The zero-order valence-corrected chi connectivity index (χ0v) is 9.47. The zero-order chi connectivity index (χ0) is 9.68. The van der Waals surface area contributed by atoms with Gasteiger partial charge in [-0.15, -0.1) is 0 Å². The van der Waals surface area contributed by atoms with Gasteiger partial charge >= 0.3 is 0 Å². The van der Waals surface area contributed by atoms with E-state index in [1.54, 1.807) is 0 Å². The number of amidine groups is 1. The van der Waals surface area contributed by atoms with Gasteiger partial charge < -0.3 is 4.52 Å². The van der Waals surface area contributed by atoms with E-state index in [0.717, 1.165) is 18.9 Å². The Labute approximate surface area is 81.3 Å². The number of hydrogen-bond acceptors (Lipinski definition) is 4. The maximum atomic E-state index is 5.41. The van der Waals surface area contributed by atoms with E-state index in [0.29, 0.717) is 0 Å². The summed E-state index contributed by atoms with van der Waals surface area (Å²) in [5.41, 5.74) is 0. The lowest BCUT2D eigenvalue weighted by molar-refractivity contribution is 0.354. The molecule has 1 aliphatic heterocycles. The van der Waals surface area contributed by atoms with Crippen LogP contribution in [-0.2, 0) is 4.52 Å². The highest BCUT2D eigenvalue weighted by atomic mass is 31.2. The molecule has 0 fully saturated rings. The van der Waals surface area contributed by atoms with Crippen LogP contribution in [0.3, 0.4) is 0 Å². The van der Waals surface area contributed by atoms with E-state index >= 15 is 0 Å². The van der Waals surface area contributed by atoms with Gasteiger partial charge in [-0.25, -0.2) is 4.76 Å². The highest BCUT2D eigenvalue weighted by molar-refractivity contribution is 7.49. The van der Waals surface area contributed by atoms with Crippen molar-refractivity contribution < 1.29 is 4.52 Å². The Kier molecular flexibility index (Phi) is 4.64. The molecule has 0 aromatic carbocycles. The third-order valence-corrected chi connectivity index (χ3v) is 3.22. The van der Waals surface area contributed by atoms with Crippen LogP contribution in [0.4, 0.5) is 0 Å². The number of hydrazine groups is 1. The van der Waals surface area contributed by atoms with Crippen molar-refractivity contribution in [1.29, 1.82) is 0 Å². The van der Waals surface area contributed by atoms with Gasteiger partial charge in [-0.2, -0.15) is 5.20 Å². The lowest BCUT2D eigenvalue weighted by Crippen LogP contribution is -2.30. The fourth-order valence-corrected chi connectivity index (χ4v) is 2.33. The number of nitrogens with one attached hydrogen (secondary N) is 1. The normalized spacial score (nSPS) is 22.2. The van der Waals surface area contributed by atoms with Crippen molar-refractivity contribution in [1.82, 2.24) is 10.2 Å². The average molecular weight is 203 g/mol. The fourth-order valence-electron chi connectivity index (χ4n) is 1.11. The van der Waals surface area contributed by atoms with Crippen molar-refractivity contribution in [2.75, 3.05) is 13.7 Å². The molecule has 0 aliphatic carbocycles. The van der Waals surface area contributed by atoms with E-state index in [-0.39, 0.29) is 0 Å². The molecule has 0 aromatic rings. The van der Waals surface area contributed by atoms with Crippen LogP contribution in [0, 0.1) is 0 Å². The molecule has 1 atom stereocenters. The third kappa shape index (κ3) is 3.22. The van der Waals surface area contributed by atoms with Crippen LogP contribution in [-0.4, -0.2) is 24.5 Å². The second-order valence-electron chi connectivity index (χ2n) is 2.97. The molecule has 0 amide bonds. The minimum absolute atomic E-state index is 0.719. The lowest BCUT2D eigenvalue weighted by atomic mass is 10.2. The zero-order valence-electron chi connectivity index (χ0n) is 8.58. The summed E-state index contributed by atoms with van der Waals surface area (Å²) >= 11 is 0. The van der Waals surface area contributed by atoms with Crippen molar-refractivity contribution in [3.63, 3.8) is 0 Å². The first-order valence-corrected chi connectivity index (χ1v) is 5.99. The first kappa shape index (κ1) is 10.9. The SMILES string of the molecule is CCCCC1=NP(OCC)NN1C. The predicted octanol–water partition coefficient (Wildman–Crippen LogP) is 2.29. The minimum Gasteiger partial charge on any atom is -0.325 e. The molecule has 0 spiro atoms. The van der Waals surface area contributed by atoms with E-state index in [2.05, 4.69) is 16.9 Å². The van der Waals surface area contributed by atoms with E-state index in [4.69, 9.17) is 4.52 Å². The summed E-state index contributed by atoms with van der Waals surface area (Å²) in [5, 5.41) is 5.17. The van der Waals surface area contributed by atoms with Gasteiger partial charge in [-0.3, -0.25) is 5.01 Å². The standard InChI is InChI=1S/C8H18N3OP/c1-4-6-7-8-9-13(12-5-2)10-11(8)3/h10H,4-7H2,1-3H3. The topological polar surface area (TPSA) is 36.9 Å². The number of hydrogen-bond donors (Lipinski definition) is 1. The van der Waals surface area contributed by atoms with Crippen LogP contribution in [0.25, 0.3) is 0 Å². The second-order valence-corrected chi connectivity index (χ2v) is 4.17. The van der Waals surface area contributed by atoms with Gasteiger partial charge in [0.25, 0.3) is 8.45 Å². The molecular weight excluding hydrogens is 185 g/mol. The molecule has 0 saturated heterocycles. The Balaban J connectivity index is 2.38. The number of nitrogens with zero attached hydrogens (tertiary/aromatic N) is 2. The monoisotopic (exact) mass is 203 g/mol. The molecule has 0 bridgehead atoms. The highest BCUT2D eigenvalue weighted by Gasteiger charge is 2.21. The summed E-state index contributed by atoms with van der Waals surface area (Å²) in [6, 6.07) is 0. The molecule has 1 N–H and O–H groups in total. The van der Waals surface area contributed by atoms with Crippen LogP contribution >= 0.6 is 8.45 Å². The Morgan fingerprint density at radius 1 is 1.54 bits per heavy atom. The largest absolute Gasteiger partial charge is 0.325 e. The molecular formula is C8H18N3OP. The van der Waals surface area contributed by atoms with Crippen molar-refractivity contribution in [2.45, 2.75) is 33.1 Å². The van der Waals surface area contributed by atoms with Gasteiger partial charge in [-0.05, 0) is 13.3 Å². The maximum Gasteiger partial charge on any atom is 0.256 e. The Morgan fingerprint density at radius 2 is 2.31 bits per heavy atom. The summed E-state index contributed by atoms with van der Waals surface area (Å²) < 4.78 is 9.88. The number of rotatable bonds is 5. The molecule has 5 heteroatoms. The summed E-state index contributed by atoms with van der Waals surface area (Å²) in [7, 11) is 1.22. The van der Waals surface area contributed by atoms with Gasteiger partial charge in [0.1, 0.15) is 5.84 Å². The van der Waals surface area contributed by atoms with Crippen molar-refractivity contribution >= 4 is 14.3 Å². The van der Waals surface area contributed by atoms with Crippen molar-refractivity contribution in [3.8, 4) is 0 Å². The van der Waals surface area contributed by atoms with Crippen LogP contribution in [0.5, 0.6) is 0 Å². The fraction of sp³-hybridized carbons (Fsp3) is 0.875. The van der Waals surface area contributed by atoms with E-state index < -0.39 is 8.45 Å². The molecule has 1 rings (SSSR count). The Bertz CT molecular complexity index is 186. The van der Waals surface area contributed by atoms with Crippen LogP contribution in [0.2, 0.25) is 0 Å². The number of unbranched alkanes of at least 4 members (excludes halogenated alkanes) is 1. The van der Waals surface area contributed by atoms with Gasteiger partial charge in [0.15, 0.2) is 0 Å². The summed E-state index contributed by atoms with van der Waals surface area (Å²) in [4.78, 5) is 0. The molecule has 0 aromatic heterocycles. The Hall–Kier alpha value is -0.180. The summed E-state index contributed by atoms with van der Waals surface area (Å²) in [5.74, 6) is 1.13. The molecule has 0 saturated carbocycles. The molecule has 76 valence electrons. The minimum atomic E-state index is -0.777. The first-order chi connectivity index (χ1) is 6.27. The van der Waals surface area contributed by atoms with Gasteiger partial charge in [-0.1, -0.05) is 13.3 Å². The van der Waals surface area contributed by atoms with Gasteiger partial charge in [0.2, 0.25) is 0 Å². The highest BCUT2D eigenvalue weighted by Crippen LogP contribution is 2.38. The average Bonchev–Trinajstić information content (AvgIpc) is 2.44. The summed E-state index contributed by atoms with van der Waals surface area (Å²) in [6.45, 7) is 4.90. The van der Waals surface area contributed by atoms with Crippen LogP contribution in [0.15, 0.2) is 4.76 Å². The first-order valence-electron chi connectivity index (χ1n) is 4.78. The quantitative estimate of drug-likeness (QED) is 0.696. The molecule has 13 heavy (non-hydrogen) atoms. The van der Waals surface area contributed by atoms with Gasteiger partial charge in [0.05, 0.1) is 6.61 Å². The van der Waals surface area contributed by atoms with E-state index in [1.807, 2.05) is 19.0 Å². The summed E-state index contributed by atoms with van der Waals surface area (Å²) in [6.07, 6.45) is 3.45. The van der Waals surface area contributed by atoms with E-state index in [9.17, 15) is 0 Å². The maximum absolute atomic E-state index is 5.41. The second kappa shape index (κ2) is 5.53. The van der Waals surface area contributed by atoms with Crippen LogP contribution in [0.1, 0.15) is 33.1 Å². The molecule has 1 heterocycles. The van der Waals surface area contributed by atoms with Crippen molar-refractivity contribution in [3.05, 3.63) is 0 Å². The van der Waals surface area contributed by atoms with Crippen LogP contribution < -0.4 is 5.20 Å². The molecule has 4 nitrogen and oxygen atoms in total. The van der Waals surface area contributed by atoms with Gasteiger partial charge in [0, 0.05) is 13.5 Å². The molecule has 1 aliphatic rings. The third-order valence-electron chi connectivity index (χ3n) is 1.83. The molecule has 0 radical (unpaired) electrons. The molecule has 1 unspecified atom stereocenters. The van der Waals surface area contributed by atoms with Crippen molar-refractivity contribution in [2.24, 2.45) is 4.76 Å². The Morgan fingerprint density at radius 3 is 2.92 bits per heavy atom. The smallest absolute Gasteiger partial charge is 0.256 e. The lowest BCUT2D eigenvalue weighted by Gasteiger charge is -2.14.